The third kappa shape index (κ3) is 2.34. The number of benzene rings is 1. The first-order valence-electron chi connectivity index (χ1n) is 4.68. The molecule has 1 rings (SSSR count). The van der Waals surface area contributed by atoms with Crippen LogP contribution >= 0.6 is 0 Å². The van der Waals surface area contributed by atoms with Gasteiger partial charge in [-0.15, -0.1) is 0 Å². The van der Waals surface area contributed by atoms with E-state index in [0.717, 1.165) is 6.26 Å². The number of aliphatic hydroxyl groups excluding tert-OH is 2. The smallest absolute Gasteiger partial charge is 0.130 e. The molecule has 0 radical (unpaired) electrons. The van der Waals surface area contributed by atoms with E-state index < -0.39 is 0 Å². The summed E-state index contributed by atoms with van der Waals surface area (Å²) in [6.45, 7) is 1.88. The molecule has 0 spiro atoms. The van der Waals surface area contributed by atoms with E-state index in [0.29, 0.717) is 12.8 Å². The van der Waals surface area contributed by atoms with Gasteiger partial charge in [0.05, 0.1) is 11.5 Å². The minimum absolute atomic E-state index is 0.0300. The van der Waals surface area contributed by atoms with Gasteiger partial charge in [-0.2, -0.15) is 0 Å². The van der Waals surface area contributed by atoms with Crippen molar-refractivity contribution in [1.29, 1.82) is 0 Å². The van der Waals surface area contributed by atoms with Crippen molar-refractivity contribution in [3.05, 3.63) is 22.6 Å². The third-order valence-electron chi connectivity index (χ3n) is 2.04. The summed E-state index contributed by atoms with van der Waals surface area (Å²) in [5.74, 6) is -0.556. The van der Waals surface area contributed by atoms with Crippen LogP contribution in [0.1, 0.15) is 19.8 Å². The van der Waals surface area contributed by atoms with E-state index in [1.807, 2.05) is 6.92 Å². The SMILES string of the molecule is CCCC(O)=c1c(O)cc(=CO)cc1O. The van der Waals surface area contributed by atoms with Crippen molar-refractivity contribution in [2.75, 3.05) is 0 Å². The highest BCUT2D eigenvalue weighted by atomic mass is 16.3. The van der Waals surface area contributed by atoms with E-state index in [-0.39, 0.29) is 27.7 Å². The lowest BCUT2D eigenvalue weighted by Gasteiger charge is -2.02. The summed E-state index contributed by atoms with van der Waals surface area (Å²) < 4.78 is 0. The summed E-state index contributed by atoms with van der Waals surface area (Å²) in [5.41, 5.74) is 0. The molecule has 4 nitrogen and oxygen atoms in total. The number of phenolic OH excluding ortho intramolecular Hbond substituents is 2. The van der Waals surface area contributed by atoms with Gasteiger partial charge in [-0.25, -0.2) is 0 Å². The van der Waals surface area contributed by atoms with Crippen LogP contribution in [0.3, 0.4) is 0 Å². The van der Waals surface area contributed by atoms with Crippen LogP contribution in [0.5, 0.6) is 11.5 Å². The second-order valence-electron chi connectivity index (χ2n) is 3.26. The summed E-state index contributed by atoms with van der Waals surface area (Å²) in [5, 5.41) is 37.6. The van der Waals surface area contributed by atoms with Crippen molar-refractivity contribution < 1.29 is 20.4 Å². The number of hydrogen-bond acceptors (Lipinski definition) is 4. The Balaban J connectivity index is 3.51. The summed E-state index contributed by atoms with van der Waals surface area (Å²) in [6, 6.07) is 2.53. The summed E-state index contributed by atoms with van der Waals surface area (Å²) in [6.07, 6.45) is 1.85. The molecule has 0 aliphatic rings. The lowest BCUT2D eigenvalue weighted by molar-refractivity contribution is 0.423. The number of phenols is 2. The molecule has 0 heterocycles. The molecule has 0 fully saturated rings. The summed E-state index contributed by atoms with van der Waals surface area (Å²) >= 11 is 0. The number of hydrogen-bond donors (Lipinski definition) is 4. The topological polar surface area (TPSA) is 80.9 Å². The largest absolute Gasteiger partial charge is 0.515 e. The van der Waals surface area contributed by atoms with Gasteiger partial charge >= 0.3 is 0 Å². The van der Waals surface area contributed by atoms with Gasteiger partial charge < -0.3 is 20.4 Å². The monoisotopic (exact) mass is 210 g/mol. The van der Waals surface area contributed by atoms with E-state index in [9.17, 15) is 15.3 Å². The average Bonchev–Trinajstić information content (AvgIpc) is 2.16. The molecule has 0 bridgehead atoms. The lowest BCUT2D eigenvalue weighted by Crippen LogP contribution is -2.13. The molecule has 0 aliphatic carbocycles. The van der Waals surface area contributed by atoms with E-state index in [1.54, 1.807) is 0 Å². The van der Waals surface area contributed by atoms with Crippen LogP contribution in [0, 0.1) is 0 Å². The Hall–Kier alpha value is -1.84. The van der Waals surface area contributed by atoms with Gasteiger partial charge in [0.15, 0.2) is 0 Å². The van der Waals surface area contributed by atoms with Gasteiger partial charge in [-0.1, -0.05) is 6.92 Å². The fourth-order valence-electron chi connectivity index (χ4n) is 1.36. The Morgan fingerprint density at radius 1 is 1.27 bits per heavy atom. The van der Waals surface area contributed by atoms with Crippen LogP contribution in [-0.4, -0.2) is 20.4 Å². The van der Waals surface area contributed by atoms with Gasteiger partial charge in [-0.3, -0.25) is 0 Å². The zero-order valence-corrected chi connectivity index (χ0v) is 8.44. The Bertz CT molecular complexity index is 433. The molecule has 4 N–H and O–H groups in total. The van der Waals surface area contributed by atoms with Crippen molar-refractivity contribution in [2.45, 2.75) is 19.8 Å². The van der Waals surface area contributed by atoms with Crippen LogP contribution < -0.4 is 10.4 Å². The summed E-state index contributed by atoms with van der Waals surface area (Å²) in [4.78, 5) is 0. The van der Waals surface area contributed by atoms with Crippen molar-refractivity contribution in [1.82, 2.24) is 0 Å². The van der Waals surface area contributed by atoms with Crippen LogP contribution in [-0.2, 0) is 0 Å². The highest BCUT2D eigenvalue weighted by Crippen LogP contribution is 2.09. The standard InChI is InChI=1S/C11H14O4/c1-2-3-8(13)11-9(14)4-7(6-12)5-10(11)15/h4-6,12-15H,2-3H2,1H3. The Labute approximate surface area is 87.1 Å². The molecule has 0 unspecified atom stereocenters. The normalized spacial score (nSPS) is 9.93. The fourth-order valence-corrected chi connectivity index (χ4v) is 1.36. The zero-order valence-electron chi connectivity index (χ0n) is 8.44. The molecule has 0 atom stereocenters. The first-order chi connectivity index (χ1) is 7.10. The number of rotatable bonds is 2. The van der Waals surface area contributed by atoms with Crippen LogP contribution in [0.2, 0.25) is 0 Å². The highest BCUT2D eigenvalue weighted by molar-refractivity contribution is 5.48. The van der Waals surface area contributed by atoms with Gasteiger partial charge in [0.1, 0.15) is 17.3 Å². The predicted octanol–water partition coefficient (Wildman–Crippen LogP) is 0.860. The van der Waals surface area contributed by atoms with Crippen molar-refractivity contribution in [3.63, 3.8) is 0 Å². The zero-order chi connectivity index (χ0) is 11.4. The minimum atomic E-state index is -0.249. The maximum atomic E-state index is 9.57. The maximum Gasteiger partial charge on any atom is 0.130 e. The molecule has 1 aromatic rings. The Morgan fingerprint density at radius 2 is 1.80 bits per heavy atom. The van der Waals surface area contributed by atoms with Crippen molar-refractivity contribution >= 4 is 12.0 Å². The molecule has 4 heteroatoms. The van der Waals surface area contributed by atoms with Crippen LogP contribution in [0.4, 0.5) is 0 Å². The lowest BCUT2D eigenvalue weighted by atomic mass is 10.1. The van der Waals surface area contributed by atoms with E-state index in [1.165, 1.54) is 12.1 Å². The number of aliphatic hydroxyl groups is 2. The molecule has 1 aromatic carbocycles. The van der Waals surface area contributed by atoms with Crippen molar-refractivity contribution in [2.24, 2.45) is 0 Å². The molecule has 0 saturated carbocycles. The molecule has 0 amide bonds. The molecule has 0 aromatic heterocycles. The summed E-state index contributed by atoms with van der Waals surface area (Å²) in [7, 11) is 0. The Morgan fingerprint density at radius 3 is 2.20 bits per heavy atom. The first-order valence-corrected chi connectivity index (χ1v) is 4.68. The van der Waals surface area contributed by atoms with Gasteiger partial charge in [0.2, 0.25) is 0 Å². The number of aromatic hydroxyl groups is 2. The average molecular weight is 210 g/mol. The molecular weight excluding hydrogens is 196 g/mol. The molecule has 0 saturated heterocycles. The second-order valence-corrected chi connectivity index (χ2v) is 3.26. The fraction of sp³-hybridized carbons (Fsp3) is 0.273. The minimum Gasteiger partial charge on any atom is -0.515 e. The molecular formula is C11H14O4. The van der Waals surface area contributed by atoms with Gasteiger partial charge in [0, 0.05) is 11.6 Å². The molecule has 0 aliphatic heterocycles. The van der Waals surface area contributed by atoms with Crippen LogP contribution in [0.25, 0.3) is 12.0 Å². The van der Waals surface area contributed by atoms with E-state index >= 15 is 0 Å². The molecule has 15 heavy (non-hydrogen) atoms. The van der Waals surface area contributed by atoms with E-state index in [4.69, 9.17) is 5.11 Å². The van der Waals surface area contributed by atoms with E-state index in [2.05, 4.69) is 0 Å². The van der Waals surface area contributed by atoms with Gasteiger partial charge in [-0.05, 0) is 18.6 Å². The van der Waals surface area contributed by atoms with Crippen molar-refractivity contribution in [3.8, 4) is 11.5 Å². The second kappa shape index (κ2) is 4.59. The molecule has 82 valence electrons. The van der Waals surface area contributed by atoms with Gasteiger partial charge in [0.25, 0.3) is 0 Å². The maximum absolute atomic E-state index is 9.57. The predicted molar refractivity (Wildman–Crippen MR) is 57.1 cm³/mol. The van der Waals surface area contributed by atoms with Crippen LogP contribution in [0.15, 0.2) is 12.1 Å². The highest BCUT2D eigenvalue weighted by Gasteiger charge is 2.05. The first kappa shape index (κ1) is 11.2. The Kier molecular flexibility index (Phi) is 3.44. The third-order valence-corrected chi connectivity index (χ3v) is 2.04. The quantitative estimate of drug-likeness (QED) is 0.583.